The van der Waals surface area contributed by atoms with Crippen molar-refractivity contribution in [3.8, 4) is 11.1 Å². The Morgan fingerprint density at radius 1 is 1.22 bits per heavy atom. The lowest BCUT2D eigenvalue weighted by atomic mass is 9.64. The summed E-state index contributed by atoms with van der Waals surface area (Å²) in [5, 5.41) is 7.87. The number of urea groups is 1. The van der Waals surface area contributed by atoms with Crippen molar-refractivity contribution in [3.05, 3.63) is 48.3 Å². The summed E-state index contributed by atoms with van der Waals surface area (Å²) in [6.07, 6.45) is 5.60. The number of piperidine rings is 1. The molecule has 3 heterocycles. The van der Waals surface area contributed by atoms with Crippen molar-refractivity contribution in [3.63, 3.8) is 0 Å². The van der Waals surface area contributed by atoms with Crippen LogP contribution in [0.3, 0.4) is 0 Å². The van der Waals surface area contributed by atoms with Crippen LogP contribution < -0.4 is 5.73 Å². The van der Waals surface area contributed by atoms with E-state index in [0.717, 1.165) is 18.4 Å². The van der Waals surface area contributed by atoms with Crippen LogP contribution in [-0.4, -0.2) is 33.2 Å². The lowest BCUT2D eigenvalue weighted by molar-refractivity contribution is -0.0322. The molecule has 1 saturated carbocycles. The van der Waals surface area contributed by atoms with Gasteiger partial charge >= 0.3 is 6.03 Å². The van der Waals surface area contributed by atoms with Gasteiger partial charge in [0.15, 0.2) is 0 Å². The molecule has 3 aliphatic rings. The van der Waals surface area contributed by atoms with Crippen molar-refractivity contribution in [2.24, 2.45) is 11.7 Å². The summed E-state index contributed by atoms with van der Waals surface area (Å²) >= 11 is 0. The molecule has 5 heteroatoms. The van der Waals surface area contributed by atoms with Gasteiger partial charge in [-0.2, -0.15) is 10.2 Å². The van der Waals surface area contributed by atoms with Crippen LogP contribution in [0.25, 0.3) is 11.1 Å². The number of nitrogens with two attached hydrogens (primary N) is 1. The van der Waals surface area contributed by atoms with Gasteiger partial charge in [0.2, 0.25) is 0 Å². The molecule has 0 spiro atoms. The lowest BCUT2D eigenvalue weighted by Gasteiger charge is -2.58. The van der Waals surface area contributed by atoms with Gasteiger partial charge in [0, 0.05) is 17.6 Å². The monoisotopic (exact) mass is 308 g/mol. The summed E-state index contributed by atoms with van der Waals surface area (Å²) < 4.78 is 0. The van der Waals surface area contributed by atoms with E-state index >= 15 is 0 Å². The minimum Gasteiger partial charge on any atom is -0.351 e. The third kappa shape index (κ3) is 2.19. The number of hydrogen-bond donors (Lipinski definition) is 1. The van der Waals surface area contributed by atoms with Crippen molar-refractivity contribution in [2.45, 2.75) is 37.8 Å². The predicted octanol–water partition coefficient (Wildman–Crippen LogP) is 2.79. The molecule has 2 N–H and O–H groups in total. The quantitative estimate of drug-likeness (QED) is 0.927. The van der Waals surface area contributed by atoms with E-state index in [1.165, 1.54) is 11.1 Å². The summed E-state index contributed by atoms with van der Waals surface area (Å²) in [6, 6.07) is 10.8. The molecule has 4 unspecified atom stereocenters. The largest absolute Gasteiger partial charge is 0.351 e. The average Bonchev–Trinajstić information content (AvgIpc) is 2.55. The molecule has 4 atom stereocenters. The Morgan fingerprint density at radius 3 is 2.74 bits per heavy atom. The zero-order valence-corrected chi connectivity index (χ0v) is 13.1. The first kappa shape index (κ1) is 14.2. The first-order valence-electron chi connectivity index (χ1n) is 8.10. The highest BCUT2D eigenvalue weighted by atomic mass is 16.2. The van der Waals surface area contributed by atoms with Crippen LogP contribution in [0.15, 0.2) is 42.7 Å². The number of fused-ring (bicyclic) bond motifs is 2. The lowest BCUT2D eigenvalue weighted by Crippen LogP contribution is -2.67. The van der Waals surface area contributed by atoms with Crippen LogP contribution in [-0.2, 0) is 0 Å². The second-order valence-corrected chi connectivity index (χ2v) is 6.62. The normalized spacial score (nSPS) is 29.0. The minimum absolute atomic E-state index is 0.275. The maximum absolute atomic E-state index is 11.6. The van der Waals surface area contributed by atoms with Gasteiger partial charge < -0.3 is 10.6 Å². The van der Waals surface area contributed by atoms with Gasteiger partial charge in [-0.05, 0) is 41.9 Å². The fourth-order valence-corrected chi connectivity index (χ4v) is 4.38. The maximum Gasteiger partial charge on any atom is 0.315 e. The third-order valence-corrected chi connectivity index (χ3v) is 5.54. The van der Waals surface area contributed by atoms with Crippen LogP contribution in [0.5, 0.6) is 0 Å². The summed E-state index contributed by atoms with van der Waals surface area (Å²) in [7, 11) is 0. The number of amides is 2. The SMILES string of the molecule is CC1C(c2ccccc2-c2ccnnc2)CC2CC1N2C(N)=O. The van der Waals surface area contributed by atoms with E-state index in [-0.39, 0.29) is 12.1 Å². The molecule has 1 aliphatic carbocycles. The highest BCUT2D eigenvalue weighted by molar-refractivity contribution is 5.74. The summed E-state index contributed by atoms with van der Waals surface area (Å²) in [6.45, 7) is 2.24. The molecule has 118 valence electrons. The first-order chi connectivity index (χ1) is 11.2. The van der Waals surface area contributed by atoms with Crippen LogP contribution in [0.2, 0.25) is 0 Å². The second-order valence-electron chi connectivity index (χ2n) is 6.62. The predicted molar refractivity (Wildman–Crippen MR) is 87.6 cm³/mol. The van der Waals surface area contributed by atoms with Crippen molar-refractivity contribution in [2.75, 3.05) is 0 Å². The minimum atomic E-state index is -0.275. The molecule has 3 fully saturated rings. The Bertz CT molecular complexity index is 733. The molecule has 2 aromatic rings. The van der Waals surface area contributed by atoms with E-state index in [4.69, 9.17) is 5.73 Å². The fraction of sp³-hybridized carbons (Fsp3) is 0.389. The van der Waals surface area contributed by atoms with E-state index in [1.54, 1.807) is 6.20 Å². The number of primary amides is 1. The Labute approximate surface area is 135 Å². The van der Waals surface area contributed by atoms with Crippen LogP contribution in [0, 0.1) is 5.92 Å². The molecule has 5 rings (SSSR count). The van der Waals surface area contributed by atoms with Crippen LogP contribution >= 0.6 is 0 Å². The smallest absolute Gasteiger partial charge is 0.315 e. The molecule has 23 heavy (non-hydrogen) atoms. The Balaban J connectivity index is 1.69. The number of nitrogens with zero attached hydrogens (tertiary/aromatic N) is 3. The summed E-state index contributed by atoms with van der Waals surface area (Å²) in [5.41, 5.74) is 9.17. The van der Waals surface area contributed by atoms with Gasteiger partial charge in [-0.1, -0.05) is 31.2 Å². The second kappa shape index (κ2) is 5.33. The van der Waals surface area contributed by atoms with Gasteiger partial charge in [-0.25, -0.2) is 4.79 Å². The van der Waals surface area contributed by atoms with E-state index in [2.05, 4.69) is 41.4 Å². The van der Waals surface area contributed by atoms with Gasteiger partial charge in [-0.3, -0.25) is 0 Å². The summed E-state index contributed by atoms with van der Waals surface area (Å²) in [4.78, 5) is 13.5. The fourth-order valence-electron chi connectivity index (χ4n) is 4.38. The molecule has 2 amide bonds. The van der Waals surface area contributed by atoms with E-state index in [0.29, 0.717) is 17.9 Å². The Morgan fingerprint density at radius 2 is 2.04 bits per heavy atom. The Kier molecular flexibility index (Phi) is 3.29. The molecular formula is C18H20N4O. The number of aromatic nitrogens is 2. The third-order valence-electron chi connectivity index (χ3n) is 5.54. The van der Waals surface area contributed by atoms with E-state index in [9.17, 15) is 4.79 Å². The molecule has 2 bridgehead atoms. The number of carbonyl (C=O) groups excluding carboxylic acids is 1. The zero-order chi connectivity index (χ0) is 16.0. The highest BCUT2D eigenvalue weighted by Crippen LogP contribution is 2.50. The standard InChI is InChI=1S/C18H20N4O/c1-11-16(8-13-9-17(11)22(13)18(19)23)15-5-3-2-4-14(15)12-6-7-20-21-10-12/h2-7,10-11,13,16-17H,8-9H2,1H3,(H2,19,23). The van der Waals surface area contributed by atoms with Crippen molar-refractivity contribution in [1.82, 2.24) is 15.1 Å². The number of rotatable bonds is 2. The van der Waals surface area contributed by atoms with Gasteiger partial charge in [-0.15, -0.1) is 0 Å². The number of carbonyl (C=O) groups is 1. The topological polar surface area (TPSA) is 72.1 Å². The van der Waals surface area contributed by atoms with Gasteiger partial charge in [0.1, 0.15) is 0 Å². The van der Waals surface area contributed by atoms with Crippen LogP contribution in [0.4, 0.5) is 4.79 Å². The molecule has 1 aromatic carbocycles. The summed E-state index contributed by atoms with van der Waals surface area (Å²) in [5.74, 6) is 0.849. The molecule has 5 nitrogen and oxygen atoms in total. The van der Waals surface area contributed by atoms with Gasteiger partial charge in [0.05, 0.1) is 12.4 Å². The van der Waals surface area contributed by atoms with E-state index < -0.39 is 0 Å². The molecule has 2 aliphatic heterocycles. The Hall–Kier alpha value is -2.43. The molecule has 1 aromatic heterocycles. The van der Waals surface area contributed by atoms with Crippen molar-refractivity contribution < 1.29 is 4.79 Å². The molecule has 2 saturated heterocycles. The number of benzene rings is 1. The van der Waals surface area contributed by atoms with Gasteiger partial charge in [0.25, 0.3) is 0 Å². The molecular weight excluding hydrogens is 288 g/mol. The first-order valence-corrected chi connectivity index (χ1v) is 8.10. The van der Waals surface area contributed by atoms with Crippen molar-refractivity contribution >= 4 is 6.03 Å². The van der Waals surface area contributed by atoms with Crippen molar-refractivity contribution in [1.29, 1.82) is 0 Å². The molecule has 0 radical (unpaired) electrons. The zero-order valence-electron chi connectivity index (χ0n) is 13.1. The maximum atomic E-state index is 11.6. The highest BCUT2D eigenvalue weighted by Gasteiger charge is 2.51. The average molecular weight is 308 g/mol. The number of hydrogen-bond acceptors (Lipinski definition) is 3. The van der Waals surface area contributed by atoms with E-state index in [1.807, 2.05) is 17.2 Å². The van der Waals surface area contributed by atoms with Crippen LogP contribution in [0.1, 0.15) is 31.2 Å².